The van der Waals surface area contributed by atoms with Crippen molar-refractivity contribution in [2.45, 2.75) is 116 Å². The van der Waals surface area contributed by atoms with Gasteiger partial charge in [0.15, 0.2) is 6.10 Å². The summed E-state index contributed by atoms with van der Waals surface area (Å²) in [7, 11) is 0. The zero-order valence-electron chi connectivity index (χ0n) is 18.2. The summed E-state index contributed by atoms with van der Waals surface area (Å²) in [5.74, 6) is -1.46. The van der Waals surface area contributed by atoms with E-state index in [1.54, 1.807) is 6.92 Å². The lowest BCUT2D eigenvalue weighted by Crippen LogP contribution is -2.26. The lowest BCUT2D eigenvalue weighted by molar-refractivity contribution is -0.164. The van der Waals surface area contributed by atoms with Crippen molar-refractivity contribution in [2.75, 3.05) is 0 Å². The maximum Gasteiger partial charge on any atom is 0.345 e. The first-order chi connectivity index (χ1) is 13.6. The molecular weight excluding hydrogens is 352 g/mol. The quantitative estimate of drug-likeness (QED) is 0.146. The zero-order chi connectivity index (χ0) is 20.9. The van der Waals surface area contributed by atoms with E-state index in [4.69, 9.17) is 9.84 Å². The summed E-state index contributed by atoms with van der Waals surface area (Å²) in [5.41, 5.74) is 0. The van der Waals surface area contributed by atoms with Crippen LogP contribution < -0.4 is 0 Å². The van der Waals surface area contributed by atoms with Gasteiger partial charge in [-0.2, -0.15) is 0 Å². The molecule has 4 nitrogen and oxygen atoms in total. The predicted octanol–water partition coefficient (Wildman–Crippen LogP) is 6.99. The average molecular weight is 395 g/mol. The third kappa shape index (κ3) is 17.8. The second kappa shape index (κ2) is 20.2. The Bertz CT molecular complexity index is 440. The zero-order valence-corrected chi connectivity index (χ0v) is 18.2. The summed E-state index contributed by atoms with van der Waals surface area (Å²) in [6.45, 7) is 3.94. The smallest absolute Gasteiger partial charge is 0.345 e. The summed E-state index contributed by atoms with van der Waals surface area (Å²) in [6.07, 6.45) is 24.0. The molecule has 0 aliphatic rings. The fourth-order valence-corrected chi connectivity index (χ4v) is 2.96. The summed E-state index contributed by atoms with van der Waals surface area (Å²) < 4.78 is 4.94. The van der Waals surface area contributed by atoms with Gasteiger partial charge in [-0.25, -0.2) is 4.79 Å². The van der Waals surface area contributed by atoms with Gasteiger partial charge < -0.3 is 9.84 Å². The topological polar surface area (TPSA) is 63.6 Å². The number of hydrogen-bond donors (Lipinski definition) is 1. The van der Waals surface area contributed by atoms with Crippen LogP contribution in [0.1, 0.15) is 110 Å². The van der Waals surface area contributed by atoms with Gasteiger partial charge in [-0.1, -0.05) is 83.1 Å². The maximum atomic E-state index is 11.6. The molecular formula is C24H42O4. The fourth-order valence-electron chi connectivity index (χ4n) is 2.96. The molecule has 0 bridgehead atoms. The Labute approximate surface area is 172 Å². The van der Waals surface area contributed by atoms with Crippen molar-refractivity contribution in [3.63, 3.8) is 0 Å². The Hall–Kier alpha value is -1.58. The first-order valence-electron chi connectivity index (χ1n) is 11.3. The van der Waals surface area contributed by atoms with Gasteiger partial charge in [-0.15, -0.1) is 0 Å². The average Bonchev–Trinajstić information content (AvgIpc) is 2.68. The summed E-state index contributed by atoms with van der Waals surface area (Å²) in [6, 6.07) is 0. The molecule has 0 fully saturated rings. The van der Waals surface area contributed by atoms with Gasteiger partial charge in [0.25, 0.3) is 0 Å². The Morgan fingerprint density at radius 3 is 1.86 bits per heavy atom. The third-order valence-electron chi connectivity index (χ3n) is 4.75. The number of carbonyl (C=O) groups is 2. The van der Waals surface area contributed by atoms with Crippen molar-refractivity contribution in [3.8, 4) is 0 Å². The van der Waals surface area contributed by atoms with E-state index >= 15 is 0 Å². The van der Waals surface area contributed by atoms with Crippen LogP contribution in [-0.2, 0) is 14.3 Å². The Balaban J connectivity index is 3.38. The van der Waals surface area contributed by atoms with Crippen LogP contribution >= 0.6 is 0 Å². The van der Waals surface area contributed by atoms with E-state index in [1.165, 1.54) is 51.4 Å². The molecule has 0 rings (SSSR count). The number of rotatable bonds is 19. The van der Waals surface area contributed by atoms with Crippen LogP contribution in [0.3, 0.4) is 0 Å². The molecule has 0 saturated heterocycles. The SMILES string of the molecule is CCCCC/C=C\C/C=C\CCCCCCCCCC(=O)OC(CC)C(=O)O. The highest BCUT2D eigenvalue weighted by Gasteiger charge is 2.19. The van der Waals surface area contributed by atoms with Crippen LogP contribution in [0.15, 0.2) is 24.3 Å². The van der Waals surface area contributed by atoms with Gasteiger partial charge in [0.05, 0.1) is 0 Å². The summed E-state index contributed by atoms with van der Waals surface area (Å²) in [5, 5.41) is 8.86. The normalized spacial score (nSPS) is 12.6. The highest BCUT2D eigenvalue weighted by molar-refractivity contribution is 5.77. The molecule has 0 aliphatic heterocycles. The highest BCUT2D eigenvalue weighted by Crippen LogP contribution is 2.11. The van der Waals surface area contributed by atoms with Crippen molar-refractivity contribution >= 4 is 11.9 Å². The molecule has 1 atom stereocenters. The maximum absolute atomic E-state index is 11.6. The van der Waals surface area contributed by atoms with Crippen molar-refractivity contribution < 1.29 is 19.4 Å². The molecule has 0 amide bonds. The van der Waals surface area contributed by atoms with Crippen molar-refractivity contribution in [1.82, 2.24) is 0 Å². The minimum absolute atomic E-state index is 0.312. The van der Waals surface area contributed by atoms with E-state index < -0.39 is 18.0 Å². The van der Waals surface area contributed by atoms with E-state index in [-0.39, 0.29) is 0 Å². The predicted molar refractivity (Wildman–Crippen MR) is 116 cm³/mol. The van der Waals surface area contributed by atoms with Gasteiger partial charge in [0, 0.05) is 6.42 Å². The fraction of sp³-hybridized carbons (Fsp3) is 0.750. The van der Waals surface area contributed by atoms with Crippen LogP contribution in [0.25, 0.3) is 0 Å². The van der Waals surface area contributed by atoms with Gasteiger partial charge in [-0.05, 0) is 44.9 Å². The Morgan fingerprint density at radius 1 is 0.786 bits per heavy atom. The van der Waals surface area contributed by atoms with E-state index in [0.29, 0.717) is 12.8 Å². The lowest BCUT2D eigenvalue weighted by atomic mass is 10.1. The monoisotopic (exact) mass is 394 g/mol. The molecule has 1 unspecified atom stereocenters. The molecule has 0 aromatic rings. The van der Waals surface area contributed by atoms with Gasteiger partial charge >= 0.3 is 11.9 Å². The Morgan fingerprint density at radius 2 is 1.32 bits per heavy atom. The minimum atomic E-state index is -1.07. The van der Waals surface area contributed by atoms with Crippen LogP contribution in [-0.4, -0.2) is 23.1 Å². The minimum Gasteiger partial charge on any atom is -0.479 e. The van der Waals surface area contributed by atoms with Crippen LogP contribution in [0.4, 0.5) is 0 Å². The molecule has 0 aromatic heterocycles. The van der Waals surface area contributed by atoms with Crippen LogP contribution in [0.5, 0.6) is 0 Å². The molecule has 0 aromatic carbocycles. The molecule has 162 valence electrons. The molecule has 28 heavy (non-hydrogen) atoms. The van der Waals surface area contributed by atoms with Crippen molar-refractivity contribution in [3.05, 3.63) is 24.3 Å². The van der Waals surface area contributed by atoms with Crippen molar-refractivity contribution in [1.29, 1.82) is 0 Å². The van der Waals surface area contributed by atoms with Gasteiger partial charge in [0.1, 0.15) is 0 Å². The van der Waals surface area contributed by atoms with Crippen molar-refractivity contribution in [2.24, 2.45) is 0 Å². The second-order valence-electron chi connectivity index (χ2n) is 7.41. The molecule has 0 aliphatic carbocycles. The standard InChI is InChI=1S/C24H42O4/c1-3-5-6-7-8-9-10-11-12-13-14-15-16-17-18-19-20-21-23(25)28-22(4-2)24(26)27/h8-9,11-12,22H,3-7,10,13-21H2,1-2H3,(H,26,27)/b9-8-,12-11-. The molecule has 1 N–H and O–H groups in total. The number of carboxylic acid groups (broad SMARTS) is 1. The largest absolute Gasteiger partial charge is 0.479 e. The number of aliphatic carboxylic acids is 1. The number of allylic oxidation sites excluding steroid dienone is 4. The number of carbonyl (C=O) groups excluding carboxylic acids is 1. The third-order valence-corrected chi connectivity index (χ3v) is 4.75. The molecule has 0 saturated carbocycles. The molecule has 0 heterocycles. The van der Waals surface area contributed by atoms with Gasteiger partial charge in [0.2, 0.25) is 0 Å². The van der Waals surface area contributed by atoms with E-state index in [1.807, 2.05) is 0 Å². The Kier molecular flexibility index (Phi) is 19.0. The highest BCUT2D eigenvalue weighted by atomic mass is 16.6. The number of unbranched alkanes of at least 4 members (excludes halogenated alkanes) is 10. The molecule has 0 spiro atoms. The number of hydrogen-bond acceptors (Lipinski definition) is 3. The van der Waals surface area contributed by atoms with E-state index in [2.05, 4.69) is 31.2 Å². The van der Waals surface area contributed by atoms with E-state index in [9.17, 15) is 9.59 Å². The first-order valence-corrected chi connectivity index (χ1v) is 11.3. The lowest BCUT2D eigenvalue weighted by Gasteiger charge is -2.11. The number of esters is 1. The van der Waals surface area contributed by atoms with E-state index in [0.717, 1.165) is 32.1 Å². The first kappa shape index (κ1) is 26.4. The van der Waals surface area contributed by atoms with Crippen LogP contribution in [0, 0.1) is 0 Å². The second-order valence-corrected chi connectivity index (χ2v) is 7.41. The summed E-state index contributed by atoms with van der Waals surface area (Å²) in [4.78, 5) is 22.4. The van der Waals surface area contributed by atoms with Crippen LogP contribution in [0.2, 0.25) is 0 Å². The molecule has 4 heteroatoms. The number of ether oxygens (including phenoxy) is 1. The number of carboxylic acids is 1. The van der Waals surface area contributed by atoms with Gasteiger partial charge in [-0.3, -0.25) is 4.79 Å². The summed E-state index contributed by atoms with van der Waals surface area (Å²) >= 11 is 0. The molecule has 0 radical (unpaired) electrons.